The van der Waals surface area contributed by atoms with Crippen LogP contribution in [0.25, 0.3) is 0 Å². The third-order valence-electron chi connectivity index (χ3n) is 5.40. The Bertz CT molecular complexity index is 289. The number of rotatable bonds is 10. The monoisotopic (exact) mass is 279 g/mol. The van der Waals surface area contributed by atoms with Crippen molar-refractivity contribution in [3.05, 3.63) is 0 Å². The van der Waals surface area contributed by atoms with Gasteiger partial charge < -0.3 is 5.32 Å². The van der Waals surface area contributed by atoms with E-state index in [0.29, 0.717) is 11.8 Å². The standard InChI is InChI=1S/C18H33NO/c1-2-3-4-5-6-7-8-9-12-19-18(20)17-14-15-10-11-16(17)13-15/h15-17H,2-14H2,1H3,(H,19,20). The van der Waals surface area contributed by atoms with Crippen molar-refractivity contribution in [2.45, 2.75) is 84.0 Å². The zero-order valence-corrected chi connectivity index (χ0v) is 13.3. The Morgan fingerprint density at radius 2 is 1.65 bits per heavy atom. The Labute approximate surface area is 125 Å². The van der Waals surface area contributed by atoms with Crippen LogP contribution in [0.3, 0.4) is 0 Å². The lowest BCUT2D eigenvalue weighted by Gasteiger charge is -2.20. The molecule has 0 aromatic carbocycles. The van der Waals surface area contributed by atoms with Gasteiger partial charge in [0.1, 0.15) is 0 Å². The van der Waals surface area contributed by atoms with Crippen LogP contribution in [0.1, 0.15) is 84.0 Å². The predicted molar refractivity (Wildman–Crippen MR) is 84.6 cm³/mol. The third kappa shape index (κ3) is 4.79. The highest BCUT2D eigenvalue weighted by Gasteiger charge is 2.42. The van der Waals surface area contributed by atoms with Gasteiger partial charge in [-0.1, -0.05) is 58.3 Å². The molecule has 1 N–H and O–H groups in total. The summed E-state index contributed by atoms with van der Waals surface area (Å²) in [7, 11) is 0. The molecule has 2 bridgehead atoms. The molecular weight excluding hydrogens is 246 g/mol. The van der Waals surface area contributed by atoms with Crippen LogP contribution in [-0.4, -0.2) is 12.5 Å². The molecule has 2 saturated carbocycles. The van der Waals surface area contributed by atoms with Crippen molar-refractivity contribution in [3.63, 3.8) is 0 Å². The average molecular weight is 279 g/mol. The lowest BCUT2D eigenvalue weighted by atomic mass is 9.88. The summed E-state index contributed by atoms with van der Waals surface area (Å²) in [5, 5.41) is 3.18. The van der Waals surface area contributed by atoms with Crippen molar-refractivity contribution in [2.24, 2.45) is 17.8 Å². The summed E-state index contributed by atoms with van der Waals surface area (Å²) in [4.78, 5) is 12.1. The molecule has 0 saturated heterocycles. The maximum absolute atomic E-state index is 12.1. The lowest BCUT2D eigenvalue weighted by molar-refractivity contribution is -0.126. The van der Waals surface area contributed by atoms with E-state index in [0.717, 1.165) is 18.4 Å². The van der Waals surface area contributed by atoms with Gasteiger partial charge in [0.15, 0.2) is 0 Å². The predicted octanol–water partition coefficient (Wildman–Crippen LogP) is 4.68. The summed E-state index contributed by atoms with van der Waals surface area (Å²) in [5.74, 6) is 2.32. The minimum absolute atomic E-state index is 0.361. The first kappa shape index (κ1) is 15.9. The van der Waals surface area contributed by atoms with Gasteiger partial charge in [0.05, 0.1) is 0 Å². The Hall–Kier alpha value is -0.530. The third-order valence-corrected chi connectivity index (χ3v) is 5.40. The molecule has 3 atom stereocenters. The fourth-order valence-corrected chi connectivity index (χ4v) is 4.17. The van der Waals surface area contributed by atoms with Gasteiger partial charge in [-0.15, -0.1) is 0 Å². The molecule has 20 heavy (non-hydrogen) atoms. The molecule has 2 heteroatoms. The molecule has 0 heterocycles. The van der Waals surface area contributed by atoms with Crippen molar-refractivity contribution in [3.8, 4) is 0 Å². The highest BCUT2D eigenvalue weighted by molar-refractivity contribution is 5.79. The second-order valence-corrected chi connectivity index (χ2v) is 7.05. The van der Waals surface area contributed by atoms with Crippen LogP contribution in [0.2, 0.25) is 0 Å². The molecule has 0 aliphatic heterocycles. The van der Waals surface area contributed by atoms with Crippen LogP contribution in [0, 0.1) is 17.8 Å². The van der Waals surface area contributed by atoms with Crippen molar-refractivity contribution >= 4 is 5.91 Å². The summed E-state index contributed by atoms with van der Waals surface area (Å²) < 4.78 is 0. The molecule has 2 aliphatic rings. The zero-order chi connectivity index (χ0) is 14.2. The molecule has 2 aliphatic carbocycles. The van der Waals surface area contributed by atoms with Crippen molar-refractivity contribution in [2.75, 3.05) is 6.54 Å². The van der Waals surface area contributed by atoms with Crippen LogP contribution in [0.15, 0.2) is 0 Å². The van der Waals surface area contributed by atoms with E-state index in [-0.39, 0.29) is 0 Å². The van der Waals surface area contributed by atoms with Crippen LogP contribution < -0.4 is 5.32 Å². The first-order chi connectivity index (χ1) is 9.81. The number of carbonyl (C=O) groups is 1. The molecule has 0 aromatic heterocycles. The maximum Gasteiger partial charge on any atom is 0.223 e. The van der Waals surface area contributed by atoms with E-state index in [2.05, 4.69) is 12.2 Å². The molecule has 0 radical (unpaired) electrons. The SMILES string of the molecule is CCCCCCCCCCNC(=O)C1CC2CCC1C2. The summed E-state index contributed by atoms with van der Waals surface area (Å²) in [6.45, 7) is 3.17. The zero-order valence-electron chi connectivity index (χ0n) is 13.3. The van der Waals surface area contributed by atoms with E-state index >= 15 is 0 Å². The summed E-state index contributed by atoms with van der Waals surface area (Å²) in [5.41, 5.74) is 0. The Balaban J connectivity index is 1.42. The molecule has 0 spiro atoms. The van der Waals surface area contributed by atoms with Crippen LogP contribution in [0.4, 0.5) is 0 Å². The number of carbonyl (C=O) groups excluding carboxylic acids is 1. The summed E-state index contributed by atoms with van der Waals surface area (Å²) >= 11 is 0. The molecule has 1 amide bonds. The van der Waals surface area contributed by atoms with Crippen molar-refractivity contribution < 1.29 is 4.79 Å². The van der Waals surface area contributed by atoms with Gasteiger partial charge >= 0.3 is 0 Å². The Kier molecular flexibility index (Phi) is 6.89. The smallest absolute Gasteiger partial charge is 0.223 e. The van der Waals surface area contributed by atoms with Gasteiger partial charge in [0.25, 0.3) is 0 Å². The van der Waals surface area contributed by atoms with Crippen molar-refractivity contribution in [1.82, 2.24) is 5.32 Å². The molecular formula is C18H33NO. The quantitative estimate of drug-likeness (QED) is 0.578. The van der Waals surface area contributed by atoms with E-state index in [1.54, 1.807) is 0 Å². The number of amides is 1. The van der Waals surface area contributed by atoms with E-state index < -0.39 is 0 Å². The Morgan fingerprint density at radius 1 is 0.950 bits per heavy atom. The maximum atomic E-state index is 12.1. The molecule has 2 fully saturated rings. The highest BCUT2D eigenvalue weighted by atomic mass is 16.1. The topological polar surface area (TPSA) is 29.1 Å². The van der Waals surface area contributed by atoms with Crippen LogP contribution in [0.5, 0.6) is 0 Å². The first-order valence-electron chi connectivity index (χ1n) is 9.09. The number of fused-ring (bicyclic) bond motifs is 2. The van der Waals surface area contributed by atoms with Gasteiger partial charge in [-0.3, -0.25) is 4.79 Å². The average Bonchev–Trinajstić information content (AvgIpc) is 3.08. The summed E-state index contributed by atoms with van der Waals surface area (Å²) in [6, 6.07) is 0. The number of unbranched alkanes of at least 4 members (excludes halogenated alkanes) is 7. The fourth-order valence-electron chi connectivity index (χ4n) is 4.17. The second-order valence-electron chi connectivity index (χ2n) is 7.05. The molecule has 0 aromatic rings. The fraction of sp³-hybridized carbons (Fsp3) is 0.944. The van der Waals surface area contributed by atoms with Crippen LogP contribution in [-0.2, 0) is 4.79 Å². The van der Waals surface area contributed by atoms with Crippen molar-refractivity contribution in [1.29, 1.82) is 0 Å². The number of hydrogen-bond donors (Lipinski definition) is 1. The minimum Gasteiger partial charge on any atom is -0.356 e. The molecule has 116 valence electrons. The van der Waals surface area contributed by atoms with E-state index in [1.165, 1.54) is 77.0 Å². The molecule has 2 rings (SSSR count). The van der Waals surface area contributed by atoms with Gasteiger partial charge in [0, 0.05) is 12.5 Å². The van der Waals surface area contributed by atoms with E-state index in [4.69, 9.17) is 0 Å². The number of nitrogens with one attached hydrogen (secondary N) is 1. The van der Waals surface area contributed by atoms with Gasteiger partial charge in [-0.05, 0) is 37.5 Å². The van der Waals surface area contributed by atoms with E-state index in [9.17, 15) is 4.79 Å². The highest BCUT2D eigenvalue weighted by Crippen LogP contribution is 2.48. The normalized spacial score (nSPS) is 27.9. The largest absolute Gasteiger partial charge is 0.356 e. The van der Waals surface area contributed by atoms with Gasteiger partial charge in [0.2, 0.25) is 5.91 Å². The molecule has 2 nitrogen and oxygen atoms in total. The lowest BCUT2D eigenvalue weighted by Crippen LogP contribution is -2.34. The van der Waals surface area contributed by atoms with Gasteiger partial charge in [-0.2, -0.15) is 0 Å². The number of hydrogen-bond acceptors (Lipinski definition) is 1. The second kappa shape index (κ2) is 8.69. The van der Waals surface area contributed by atoms with E-state index in [1.807, 2.05) is 0 Å². The first-order valence-corrected chi connectivity index (χ1v) is 9.09. The Morgan fingerprint density at radius 3 is 2.25 bits per heavy atom. The molecule has 3 unspecified atom stereocenters. The summed E-state index contributed by atoms with van der Waals surface area (Å²) in [6.07, 6.45) is 15.9. The minimum atomic E-state index is 0.361. The van der Waals surface area contributed by atoms with Gasteiger partial charge in [-0.25, -0.2) is 0 Å². The van der Waals surface area contributed by atoms with Crippen LogP contribution >= 0.6 is 0 Å².